The summed E-state index contributed by atoms with van der Waals surface area (Å²) < 4.78 is 33.7. The Morgan fingerprint density at radius 1 is 0.413 bits per heavy atom. The summed E-state index contributed by atoms with van der Waals surface area (Å²) in [5.41, 5.74) is 0. The predicted molar refractivity (Wildman–Crippen MR) is 294 cm³/mol. The van der Waals surface area contributed by atoms with Gasteiger partial charge in [-0.1, -0.05) is 231 Å². The van der Waals surface area contributed by atoms with Crippen LogP contribution in [0.5, 0.6) is 0 Å². The van der Waals surface area contributed by atoms with Crippen molar-refractivity contribution in [3.05, 3.63) is 12.2 Å². The van der Waals surface area contributed by atoms with Crippen LogP contribution in [0.3, 0.4) is 0 Å². The van der Waals surface area contributed by atoms with E-state index in [1.807, 2.05) is 0 Å². The summed E-state index contributed by atoms with van der Waals surface area (Å²) in [5.74, 6) is -0.944. The molecule has 2 heterocycles. The van der Waals surface area contributed by atoms with Gasteiger partial charge >= 0.3 is 11.9 Å². The molecule has 0 spiro atoms. The van der Waals surface area contributed by atoms with E-state index in [9.17, 15) is 45.3 Å². The van der Waals surface area contributed by atoms with Gasteiger partial charge in [-0.3, -0.25) is 9.59 Å². The summed E-state index contributed by atoms with van der Waals surface area (Å²) in [6, 6.07) is 0. The highest BCUT2D eigenvalue weighted by atomic mass is 16.7. The number of hydrogen-bond acceptors (Lipinski definition) is 15. The van der Waals surface area contributed by atoms with E-state index in [1.54, 1.807) is 0 Å². The molecule has 75 heavy (non-hydrogen) atoms. The maximum atomic E-state index is 13.1. The van der Waals surface area contributed by atoms with Crippen LogP contribution in [0.1, 0.15) is 264 Å². The summed E-state index contributed by atoms with van der Waals surface area (Å²) in [5, 5.41) is 72.3. The van der Waals surface area contributed by atoms with Crippen LogP contribution in [0.15, 0.2) is 12.2 Å². The Bertz CT molecular complexity index is 1350. The third-order valence-electron chi connectivity index (χ3n) is 15.0. The lowest BCUT2D eigenvalue weighted by molar-refractivity contribution is -0.332. The molecule has 2 saturated heterocycles. The van der Waals surface area contributed by atoms with Gasteiger partial charge in [-0.15, -0.1) is 0 Å². The lowest BCUT2D eigenvalue weighted by atomic mass is 9.98. The molecule has 0 bridgehead atoms. The van der Waals surface area contributed by atoms with Gasteiger partial charge in [0.1, 0.15) is 55.4 Å². The van der Waals surface area contributed by atoms with Gasteiger partial charge in [0.25, 0.3) is 0 Å². The smallest absolute Gasteiger partial charge is 0.306 e. The Morgan fingerprint density at radius 3 is 1.21 bits per heavy atom. The number of unbranched alkanes of at least 4 members (excludes halogenated alkanes) is 34. The molecular weight excluding hydrogens is 961 g/mol. The van der Waals surface area contributed by atoms with Crippen molar-refractivity contribution in [1.29, 1.82) is 0 Å². The number of carbonyl (C=O) groups is 2. The van der Waals surface area contributed by atoms with Crippen molar-refractivity contribution < 1.29 is 73.8 Å². The molecule has 15 heteroatoms. The monoisotopic (exact) mass is 1070 g/mol. The first kappa shape index (κ1) is 69.3. The Morgan fingerprint density at radius 2 is 0.773 bits per heavy atom. The van der Waals surface area contributed by atoms with Crippen molar-refractivity contribution in [2.75, 3.05) is 26.4 Å². The fraction of sp³-hybridized carbons (Fsp3) is 0.933. The van der Waals surface area contributed by atoms with E-state index in [0.29, 0.717) is 19.3 Å². The van der Waals surface area contributed by atoms with Gasteiger partial charge in [-0.25, -0.2) is 0 Å². The van der Waals surface area contributed by atoms with E-state index in [4.69, 9.17) is 28.4 Å². The second kappa shape index (κ2) is 47.1. The van der Waals surface area contributed by atoms with Crippen LogP contribution in [-0.4, -0.2) is 142 Å². The first-order chi connectivity index (χ1) is 36.5. The Balaban J connectivity index is 1.73. The third-order valence-corrected chi connectivity index (χ3v) is 15.0. The SMILES string of the molecule is CCCCCCCCCCCCCCCCCCCC/C=C/CCCC(=O)O[C@H](COC(=O)CCCCCCCCCCCCCCCCCC)CO[C@H]1O[C@@H](CO[C@H]2O[C@@H](CO)[C@@H](O)C(O)C2O)[C@@H](O)C(O)C1O. The molecule has 0 amide bonds. The van der Waals surface area contributed by atoms with Gasteiger partial charge in [-0.2, -0.15) is 0 Å². The standard InChI is InChI=1S/C60H112O15/c1-3-5-7-9-11-13-15-17-19-21-22-23-24-25-26-27-29-31-33-35-37-39-41-43-52(63)73-48(45-70-51(62)42-40-38-36-34-32-30-28-20-18-16-14-12-10-8-6-4-2)46-71-59-58(69)56(67)54(65)50(75-59)47-72-60-57(68)55(66)53(64)49(44-61)74-60/h35,37,48-50,53-61,64-69H,3-34,36,38-47H2,1-2H3/b37-35+/t48-,49+,50+,53-,54-,55?,56?,57?,58?,59+,60+/m1/s1. The van der Waals surface area contributed by atoms with Crippen LogP contribution < -0.4 is 0 Å². The topological polar surface area (TPSA) is 231 Å². The normalized spacial score (nSPS) is 24.5. The summed E-state index contributed by atoms with van der Waals surface area (Å²) in [6.07, 6.45) is 33.9. The van der Waals surface area contributed by atoms with Crippen molar-refractivity contribution in [3.63, 3.8) is 0 Å². The maximum Gasteiger partial charge on any atom is 0.306 e. The van der Waals surface area contributed by atoms with Crippen LogP contribution >= 0.6 is 0 Å². The molecule has 11 atom stereocenters. The summed E-state index contributed by atoms with van der Waals surface area (Å²) in [7, 11) is 0. The van der Waals surface area contributed by atoms with E-state index in [1.165, 1.54) is 186 Å². The number of carbonyl (C=O) groups excluding carboxylic acids is 2. The number of ether oxygens (including phenoxy) is 6. The molecule has 0 aromatic heterocycles. The lowest BCUT2D eigenvalue weighted by Crippen LogP contribution is -2.61. The number of aliphatic hydroxyl groups excluding tert-OH is 7. The van der Waals surface area contributed by atoms with Gasteiger partial charge in [0.2, 0.25) is 0 Å². The van der Waals surface area contributed by atoms with E-state index in [0.717, 1.165) is 32.1 Å². The molecule has 0 saturated carbocycles. The van der Waals surface area contributed by atoms with Gasteiger partial charge in [0, 0.05) is 12.8 Å². The quantitative estimate of drug-likeness (QED) is 0.0171. The van der Waals surface area contributed by atoms with E-state index >= 15 is 0 Å². The molecular formula is C60H112O15. The molecule has 2 fully saturated rings. The fourth-order valence-electron chi connectivity index (χ4n) is 9.99. The first-order valence-electron chi connectivity index (χ1n) is 30.8. The molecule has 442 valence electrons. The summed E-state index contributed by atoms with van der Waals surface area (Å²) >= 11 is 0. The molecule has 4 unspecified atom stereocenters. The van der Waals surface area contributed by atoms with Crippen molar-refractivity contribution in [2.45, 2.75) is 332 Å². The Labute approximate surface area is 454 Å². The second-order valence-electron chi connectivity index (χ2n) is 21.9. The minimum absolute atomic E-state index is 0.123. The van der Waals surface area contributed by atoms with Gasteiger partial charge in [-0.05, 0) is 32.1 Å². The molecule has 0 aliphatic carbocycles. The maximum absolute atomic E-state index is 13.1. The van der Waals surface area contributed by atoms with Gasteiger partial charge in [0.05, 0.1) is 19.8 Å². The van der Waals surface area contributed by atoms with Crippen molar-refractivity contribution in [3.8, 4) is 0 Å². The second-order valence-corrected chi connectivity index (χ2v) is 21.9. The van der Waals surface area contributed by atoms with Crippen molar-refractivity contribution in [2.24, 2.45) is 0 Å². The van der Waals surface area contributed by atoms with E-state index in [-0.39, 0.29) is 26.1 Å². The van der Waals surface area contributed by atoms with E-state index < -0.39 is 92.7 Å². The molecule has 15 nitrogen and oxygen atoms in total. The van der Waals surface area contributed by atoms with Crippen LogP contribution in [0.25, 0.3) is 0 Å². The van der Waals surface area contributed by atoms with Gasteiger partial charge in [0.15, 0.2) is 18.7 Å². The highest BCUT2D eigenvalue weighted by Gasteiger charge is 2.47. The number of rotatable bonds is 50. The number of hydrogen-bond donors (Lipinski definition) is 7. The largest absolute Gasteiger partial charge is 0.462 e. The zero-order chi connectivity index (χ0) is 54.6. The number of allylic oxidation sites excluding steroid dienone is 2. The lowest BCUT2D eigenvalue weighted by Gasteiger charge is -2.42. The Kier molecular flexibility index (Phi) is 43.5. The van der Waals surface area contributed by atoms with Crippen molar-refractivity contribution >= 4 is 11.9 Å². The fourth-order valence-corrected chi connectivity index (χ4v) is 9.99. The molecule has 0 aromatic rings. The van der Waals surface area contributed by atoms with Gasteiger partial charge < -0.3 is 64.2 Å². The highest BCUT2D eigenvalue weighted by Crippen LogP contribution is 2.27. The van der Waals surface area contributed by atoms with Crippen molar-refractivity contribution in [1.82, 2.24) is 0 Å². The molecule has 2 aliphatic rings. The first-order valence-corrected chi connectivity index (χ1v) is 30.8. The Hall–Kier alpha value is -1.76. The minimum atomic E-state index is -1.77. The predicted octanol–water partition coefficient (Wildman–Crippen LogP) is 10.9. The average Bonchev–Trinajstić information content (AvgIpc) is 3.40. The number of aliphatic hydroxyl groups is 7. The molecule has 2 aliphatic heterocycles. The minimum Gasteiger partial charge on any atom is -0.462 e. The molecule has 7 N–H and O–H groups in total. The summed E-state index contributed by atoms with van der Waals surface area (Å²) in [6.45, 7) is 2.63. The third kappa shape index (κ3) is 34.1. The van der Waals surface area contributed by atoms with Crippen LogP contribution in [0.2, 0.25) is 0 Å². The summed E-state index contributed by atoms with van der Waals surface area (Å²) in [4.78, 5) is 25.9. The highest BCUT2D eigenvalue weighted by molar-refractivity contribution is 5.70. The van der Waals surface area contributed by atoms with Crippen LogP contribution in [0.4, 0.5) is 0 Å². The average molecular weight is 1070 g/mol. The molecule has 0 radical (unpaired) electrons. The van der Waals surface area contributed by atoms with Crippen LogP contribution in [-0.2, 0) is 38.0 Å². The van der Waals surface area contributed by atoms with Crippen LogP contribution in [0, 0.1) is 0 Å². The molecule has 0 aromatic carbocycles. The zero-order valence-corrected chi connectivity index (χ0v) is 47.3. The molecule has 2 rings (SSSR count). The number of esters is 2. The van der Waals surface area contributed by atoms with E-state index in [2.05, 4.69) is 26.0 Å². The zero-order valence-electron chi connectivity index (χ0n) is 47.3.